The first-order valence-electron chi connectivity index (χ1n) is 10.3. The molecule has 2 aromatic rings. The van der Waals surface area contributed by atoms with E-state index in [1.807, 2.05) is 30.7 Å². The predicted molar refractivity (Wildman–Crippen MR) is 120 cm³/mol. The van der Waals surface area contributed by atoms with Crippen molar-refractivity contribution in [1.29, 1.82) is 0 Å². The van der Waals surface area contributed by atoms with Gasteiger partial charge in [0.05, 0.1) is 22.8 Å². The number of nitrogens with zero attached hydrogens (tertiary/aromatic N) is 2. The fourth-order valence-corrected chi connectivity index (χ4v) is 4.22. The van der Waals surface area contributed by atoms with E-state index in [-0.39, 0.29) is 11.1 Å². The van der Waals surface area contributed by atoms with E-state index in [2.05, 4.69) is 23.8 Å². The maximum atomic E-state index is 12.5. The topological polar surface area (TPSA) is 71.8 Å². The van der Waals surface area contributed by atoms with Gasteiger partial charge in [0.15, 0.2) is 5.43 Å². The third-order valence-electron chi connectivity index (χ3n) is 6.35. The summed E-state index contributed by atoms with van der Waals surface area (Å²) in [4.78, 5) is 24.1. The number of aromatic carboxylic acids is 1. The summed E-state index contributed by atoms with van der Waals surface area (Å²) in [7, 11) is 1.61. The summed E-state index contributed by atoms with van der Waals surface area (Å²) in [6.45, 7) is 6.48. The Kier molecular flexibility index (Phi) is 5.15. The first kappa shape index (κ1) is 21.5. The number of pyridine rings is 1. The lowest BCUT2D eigenvalue weighted by molar-refractivity contribution is 0.0694. The summed E-state index contributed by atoms with van der Waals surface area (Å²) in [5.41, 5.74) is 1.78. The molecule has 4 rings (SSSR count). The lowest BCUT2D eigenvalue weighted by Gasteiger charge is -2.41. The molecule has 0 amide bonds. The van der Waals surface area contributed by atoms with Crippen LogP contribution in [0.5, 0.6) is 0 Å². The predicted octanol–water partition coefficient (Wildman–Crippen LogP) is 4.04. The maximum Gasteiger partial charge on any atom is 0.341 e. The van der Waals surface area contributed by atoms with Crippen LogP contribution in [0.3, 0.4) is 0 Å². The zero-order valence-electron chi connectivity index (χ0n) is 18.1. The Morgan fingerprint density at radius 3 is 2.61 bits per heavy atom. The molecular formula is C24H25ClN2O4. The molecule has 1 aromatic carbocycles. The number of halogens is 1. The Hall–Kier alpha value is -2.75. The number of fused-ring (bicyclic) bond motifs is 3. The van der Waals surface area contributed by atoms with Crippen LogP contribution in [0.1, 0.15) is 61.5 Å². The fraction of sp³-hybridized carbons (Fsp3) is 0.417. The summed E-state index contributed by atoms with van der Waals surface area (Å²) in [5.74, 6) is 4.99. The van der Waals surface area contributed by atoms with Crippen molar-refractivity contribution in [3.63, 3.8) is 0 Å². The molecule has 1 N–H and O–H groups in total. The largest absolute Gasteiger partial charge is 0.477 e. The van der Waals surface area contributed by atoms with Crippen molar-refractivity contribution >= 4 is 17.6 Å². The minimum atomic E-state index is -1.23. The highest BCUT2D eigenvalue weighted by Crippen LogP contribution is 2.47. The van der Waals surface area contributed by atoms with Gasteiger partial charge in [0.2, 0.25) is 0 Å². The van der Waals surface area contributed by atoms with Gasteiger partial charge in [-0.2, -0.15) is 0 Å². The van der Waals surface area contributed by atoms with Gasteiger partial charge in [-0.15, -0.1) is 0 Å². The number of carboxylic acids is 1. The summed E-state index contributed by atoms with van der Waals surface area (Å²) in [6.07, 6.45) is 4.42. The molecule has 1 saturated carbocycles. The highest BCUT2D eigenvalue weighted by Gasteiger charge is 2.48. The first-order chi connectivity index (χ1) is 14.6. The van der Waals surface area contributed by atoms with Crippen LogP contribution in [0, 0.1) is 11.8 Å². The quantitative estimate of drug-likeness (QED) is 0.726. The molecular weight excluding hydrogens is 416 g/mol. The van der Waals surface area contributed by atoms with Gasteiger partial charge in [-0.1, -0.05) is 30.4 Å². The van der Waals surface area contributed by atoms with Gasteiger partial charge >= 0.3 is 5.97 Å². The molecule has 162 valence electrons. The van der Waals surface area contributed by atoms with Crippen LogP contribution in [0.15, 0.2) is 29.2 Å². The highest BCUT2D eigenvalue weighted by molar-refractivity contribution is 6.32. The molecule has 2 heterocycles. The van der Waals surface area contributed by atoms with Crippen molar-refractivity contribution in [3.05, 3.63) is 56.3 Å². The van der Waals surface area contributed by atoms with Crippen molar-refractivity contribution in [2.75, 3.05) is 12.1 Å². The normalized spacial score (nSPS) is 16.1. The smallest absolute Gasteiger partial charge is 0.341 e. The third kappa shape index (κ3) is 3.73. The van der Waals surface area contributed by atoms with E-state index in [9.17, 15) is 14.7 Å². The van der Waals surface area contributed by atoms with Gasteiger partial charge in [-0.25, -0.2) is 4.79 Å². The van der Waals surface area contributed by atoms with Gasteiger partial charge in [0.1, 0.15) is 11.2 Å². The second-order valence-corrected chi connectivity index (χ2v) is 9.08. The van der Waals surface area contributed by atoms with Crippen LogP contribution in [-0.4, -0.2) is 34.0 Å². The molecule has 1 aromatic heterocycles. The molecule has 0 radical (unpaired) electrons. The number of carboxylic acid groups (broad SMARTS) is 1. The first-order valence-corrected chi connectivity index (χ1v) is 10.7. The van der Waals surface area contributed by atoms with E-state index in [1.165, 1.54) is 12.3 Å². The van der Waals surface area contributed by atoms with Crippen LogP contribution in [-0.2, 0) is 11.3 Å². The number of ether oxygens (including phenoxy) is 1. The summed E-state index contributed by atoms with van der Waals surface area (Å²) in [6, 6.07) is 5.18. The third-order valence-corrected chi connectivity index (χ3v) is 6.66. The van der Waals surface area contributed by atoms with Crippen molar-refractivity contribution in [3.8, 4) is 23.1 Å². The summed E-state index contributed by atoms with van der Waals surface area (Å²) in [5, 5.41) is 12.1. The number of aromatic nitrogens is 1. The SMILES string of the molecule is CCC1(N2Cc3cc(C#CC(C)(C)OC)c(Cl)cc3-c3cc(=O)c(C(=O)O)cn32)CC1. The van der Waals surface area contributed by atoms with Gasteiger partial charge in [0.25, 0.3) is 0 Å². The summed E-state index contributed by atoms with van der Waals surface area (Å²) < 4.78 is 7.21. The fourth-order valence-electron chi connectivity index (χ4n) is 4.01. The molecule has 7 heteroatoms. The summed E-state index contributed by atoms with van der Waals surface area (Å²) >= 11 is 6.55. The second kappa shape index (κ2) is 7.44. The Labute approximate surface area is 186 Å². The lowest BCUT2D eigenvalue weighted by Crippen LogP contribution is -2.48. The van der Waals surface area contributed by atoms with Crippen LogP contribution in [0.2, 0.25) is 5.02 Å². The van der Waals surface area contributed by atoms with E-state index in [0.29, 0.717) is 22.8 Å². The Morgan fingerprint density at radius 2 is 2.03 bits per heavy atom. The zero-order chi connectivity index (χ0) is 22.6. The molecule has 1 aliphatic carbocycles. The molecule has 0 bridgehead atoms. The van der Waals surface area contributed by atoms with Gasteiger partial charge in [-0.05, 0) is 50.8 Å². The van der Waals surface area contributed by atoms with E-state index in [1.54, 1.807) is 7.11 Å². The number of rotatable bonds is 4. The average molecular weight is 441 g/mol. The molecule has 6 nitrogen and oxygen atoms in total. The highest BCUT2D eigenvalue weighted by atomic mass is 35.5. The van der Waals surface area contributed by atoms with E-state index in [4.69, 9.17) is 16.3 Å². The Balaban J connectivity index is 1.91. The van der Waals surface area contributed by atoms with Crippen molar-refractivity contribution in [2.24, 2.45) is 0 Å². The molecule has 0 unspecified atom stereocenters. The van der Waals surface area contributed by atoms with Crippen molar-refractivity contribution in [1.82, 2.24) is 4.68 Å². The van der Waals surface area contributed by atoms with Gasteiger partial charge < -0.3 is 14.9 Å². The maximum absolute atomic E-state index is 12.5. The van der Waals surface area contributed by atoms with Crippen LogP contribution < -0.4 is 10.4 Å². The van der Waals surface area contributed by atoms with E-state index in [0.717, 1.165) is 30.4 Å². The Morgan fingerprint density at radius 1 is 1.32 bits per heavy atom. The molecule has 0 saturated heterocycles. The molecule has 31 heavy (non-hydrogen) atoms. The molecule has 1 aliphatic heterocycles. The number of carbonyl (C=O) groups is 1. The minimum absolute atomic E-state index is 0.0409. The van der Waals surface area contributed by atoms with Crippen LogP contribution >= 0.6 is 11.6 Å². The van der Waals surface area contributed by atoms with Crippen molar-refractivity contribution in [2.45, 2.75) is 57.7 Å². The zero-order valence-corrected chi connectivity index (χ0v) is 18.8. The molecule has 1 fully saturated rings. The van der Waals surface area contributed by atoms with E-state index >= 15 is 0 Å². The molecule has 2 aliphatic rings. The van der Waals surface area contributed by atoms with E-state index < -0.39 is 17.0 Å². The monoisotopic (exact) mass is 440 g/mol. The second-order valence-electron chi connectivity index (χ2n) is 8.68. The number of benzene rings is 1. The molecule has 0 atom stereocenters. The lowest BCUT2D eigenvalue weighted by atomic mass is 9.96. The van der Waals surface area contributed by atoms with Crippen molar-refractivity contribution < 1.29 is 14.6 Å². The molecule has 0 spiro atoms. The van der Waals surface area contributed by atoms with Crippen LogP contribution in [0.25, 0.3) is 11.3 Å². The standard InChI is InChI=1S/C24H25ClN2O4/c1-5-24(8-9-24)27-13-16-10-15(6-7-23(2,3)31-4)19(25)11-17(16)20-12-21(28)18(22(29)30)14-26(20)27/h10-12,14H,5,8-9,13H2,1-4H3,(H,29,30). The van der Waals surface area contributed by atoms with Gasteiger partial charge in [0, 0.05) is 30.5 Å². The Bertz CT molecular complexity index is 1200. The minimum Gasteiger partial charge on any atom is -0.477 e. The average Bonchev–Trinajstić information content (AvgIpc) is 3.52. The van der Waals surface area contributed by atoms with Gasteiger partial charge in [-0.3, -0.25) is 9.47 Å². The number of hydrogen-bond acceptors (Lipinski definition) is 4. The van der Waals surface area contributed by atoms with Crippen LogP contribution in [0.4, 0.5) is 0 Å². The number of hydrogen-bond donors (Lipinski definition) is 1. The number of methoxy groups -OCH3 is 1.